The molecule has 1 atom stereocenters. The zero-order valence-electron chi connectivity index (χ0n) is 10.7. The highest BCUT2D eigenvalue weighted by Gasteiger charge is 2.07. The zero-order chi connectivity index (χ0) is 12.7. The minimum Gasteiger partial charge on any atom is -0.356 e. The number of aryl methyl sites for hydroxylation is 1. The summed E-state index contributed by atoms with van der Waals surface area (Å²) < 4.78 is 0. The lowest BCUT2D eigenvalue weighted by Crippen LogP contribution is -2.31. The maximum atomic E-state index is 11.6. The molecule has 0 saturated heterocycles. The fourth-order valence-corrected chi connectivity index (χ4v) is 2.14. The van der Waals surface area contributed by atoms with E-state index < -0.39 is 0 Å². The molecule has 1 aromatic rings. The van der Waals surface area contributed by atoms with Crippen molar-refractivity contribution in [3.05, 3.63) is 16.1 Å². The van der Waals surface area contributed by atoms with E-state index in [-0.39, 0.29) is 5.91 Å². The van der Waals surface area contributed by atoms with Gasteiger partial charge >= 0.3 is 0 Å². The van der Waals surface area contributed by atoms with Crippen LogP contribution in [-0.4, -0.2) is 30.5 Å². The summed E-state index contributed by atoms with van der Waals surface area (Å²) in [5.41, 5.74) is 0.881. The molecule has 96 valence electrons. The molecular weight excluding hydrogens is 234 g/mol. The Morgan fingerprint density at radius 1 is 1.59 bits per heavy atom. The molecule has 1 heterocycles. The molecule has 1 unspecified atom stereocenters. The zero-order valence-corrected chi connectivity index (χ0v) is 11.6. The Balaban J connectivity index is 2.25. The Labute approximate surface area is 107 Å². The summed E-state index contributed by atoms with van der Waals surface area (Å²) in [6.45, 7) is 4.88. The van der Waals surface area contributed by atoms with Crippen molar-refractivity contribution in [2.75, 3.05) is 13.6 Å². The van der Waals surface area contributed by atoms with Crippen molar-refractivity contribution in [2.45, 2.75) is 39.2 Å². The molecule has 0 aromatic carbocycles. The monoisotopic (exact) mass is 255 g/mol. The number of hydrogen-bond donors (Lipinski definition) is 2. The molecule has 0 spiro atoms. The second kappa shape index (κ2) is 7.40. The molecule has 0 bridgehead atoms. The van der Waals surface area contributed by atoms with Crippen LogP contribution in [0.2, 0.25) is 0 Å². The Bertz CT molecular complexity index is 351. The number of nitrogens with one attached hydrogen (secondary N) is 2. The summed E-state index contributed by atoms with van der Waals surface area (Å²) in [7, 11) is 1.92. The van der Waals surface area contributed by atoms with Gasteiger partial charge in [0, 0.05) is 18.0 Å². The average molecular weight is 255 g/mol. The lowest BCUT2D eigenvalue weighted by molar-refractivity contribution is -0.120. The van der Waals surface area contributed by atoms with Crippen molar-refractivity contribution in [3.63, 3.8) is 0 Å². The summed E-state index contributed by atoms with van der Waals surface area (Å²) in [4.78, 5) is 16.0. The third-order valence-electron chi connectivity index (χ3n) is 2.64. The Morgan fingerprint density at radius 3 is 2.94 bits per heavy atom. The highest BCUT2D eigenvalue weighted by atomic mass is 32.1. The van der Waals surface area contributed by atoms with Gasteiger partial charge in [0.25, 0.3) is 0 Å². The summed E-state index contributed by atoms with van der Waals surface area (Å²) >= 11 is 1.62. The van der Waals surface area contributed by atoms with Gasteiger partial charge in [-0.15, -0.1) is 11.3 Å². The number of hydrogen-bond acceptors (Lipinski definition) is 4. The lowest BCUT2D eigenvalue weighted by atomic mass is 10.2. The molecule has 0 saturated carbocycles. The number of rotatable bonds is 7. The SMILES string of the molecule is CCc1nc(CC(=O)NCCC(C)NC)cs1. The highest BCUT2D eigenvalue weighted by Crippen LogP contribution is 2.10. The van der Waals surface area contributed by atoms with Crippen LogP contribution in [-0.2, 0) is 17.6 Å². The van der Waals surface area contributed by atoms with Gasteiger partial charge in [0.2, 0.25) is 5.91 Å². The lowest BCUT2D eigenvalue weighted by Gasteiger charge is -2.10. The summed E-state index contributed by atoms with van der Waals surface area (Å²) in [6, 6.07) is 0.432. The number of thiazole rings is 1. The van der Waals surface area contributed by atoms with Gasteiger partial charge in [-0.2, -0.15) is 0 Å². The van der Waals surface area contributed by atoms with Gasteiger partial charge in [-0.3, -0.25) is 4.79 Å². The molecule has 17 heavy (non-hydrogen) atoms. The van der Waals surface area contributed by atoms with Crippen molar-refractivity contribution < 1.29 is 4.79 Å². The van der Waals surface area contributed by atoms with Crippen molar-refractivity contribution in [1.82, 2.24) is 15.6 Å². The number of aromatic nitrogens is 1. The molecule has 0 aliphatic heterocycles. The van der Waals surface area contributed by atoms with Crippen LogP contribution in [0.15, 0.2) is 5.38 Å². The predicted molar refractivity (Wildman–Crippen MR) is 71.3 cm³/mol. The first-order valence-corrected chi connectivity index (χ1v) is 6.91. The van der Waals surface area contributed by atoms with E-state index in [1.807, 2.05) is 12.4 Å². The molecule has 0 fully saturated rings. The Kier molecular flexibility index (Phi) is 6.15. The van der Waals surface area contributed by atoms with E-state index in [4.69, 9.17) is 0 Å². The fourth-order valence-electron chi connectivity index (χ4n) is 1.39. The van der Waals surface area contributed by atoms with E-state index >= 15 is 0 Å². The van der Waals surface area contributed by atoms with Crippen molar-refractivity contribution >= 4 is 17.2 Å². The van der Waals surface area contributed by atoms with Gasteiger partial charge in [-0.1, -0.05) is 6.92 Å². The maximum absolute atomic E-state index is 11.6. The van der Waals surface area contributed by atoms with Crippen molar-refractivity contribution in [3.8, 4) is 0 Å². The van der Waals surface area contributed by atoms with Crippen LogP contribution in [0.3, 0.4) is 0 Å². The van der Waals surface area contributed by atoms with Gasteiger partial charge in [0.15, 0.2) is 0 Å². The van der Waals surface area contributed by atoms with E-state index in [2.05, 4.69) is 29.5 Å². The van der Waals surface area contributed by atoms with Crippen LogP contribution in [0.1, 0.15) is 31.0 Å². The second-order valence-electron chi connectivity index (χ2n) is 4.09. The van der Waals surface area contributed by atoms with Gasteiger partial charge < -0.3 is 10.6 Å². The number of carbonyl (C=O) groups excluding carboxylic acids is 1. The molecule has 1 aromatic heterocycles. The largest absolute Gasteiger partial charge is 0.356 e. The maximum Gasteiger partial charge on any atom is 0.226 e. The van der Waals surface area contributed by atoms with Crippen LogP contribution in [0.5, 0.6) is 0 Å². The number of nitrogens with zero attached hydrogens (tertiary/aromatic N) is 1. The van der Waals surface area contributed by atoms with Crippen LogP contribution in [0.25, 0.3) is 0 Å². The van der Waals surface area contributed by atoms with Gasteiger partial charge in [-0.25, -0.2) is 4.98 Å². The number of carbonyl (C=O) groups is 1. The average Bonchev–Trinajstić information content (AvgIpc) is 2.76. The summed E-state index contributed by atoms with van der Waals surface area (Å²) in [6.07, 6.45) is 2.27. The molecular formula is C12H21N3OS. The van der Waals surface area contributed by atoms with Gasteiger partial charge in [0.1, 0.15) is 0 Å². The van der Waals surface area contributed by atoms with Crippen LogP contribution < -0.4 is 10.6 Å². The topological polar surface area (TPSA) is 54.0 Å². The normalized spacial score (nSPS) is 12.4. The molecule has 1 rings (SSSR count). The molecule has 5 heteroatoms. The third-order valence-corrected chi connectivity index (χ3v) is 3.68. The summed E-state index contributed by atoms with van der Waals surface area (Å²) in [5, 5.41) is 9.11. The first-order chi connectivity index (χ1) is 8.15. The Hall–Kier alpha value is -0.940. The van der Waals surface area contributed by atoms with Crippen molar-refractivity contribution in [2.24, 2.45) is 0 Å². The quantitative estimate of drug-likeness (QED) is 0.773. The van der Waals surface area contributed by atoms with Crippen molar-refractivity contribution in [1.29, 1.82) is 0 Å². The third kappa shape index (κ3) is 5.28. The van der Waals surface area contributed by atoms with Crippen LogP contribution in [0, 0.1) is 0 Å². The first kappa shape index (κ1) is 14.1. The number of amides is 1. The minimum absolute atomic E-state index is 0.0567. The molecule has 2 N–H and O–H groups in total. The second-order valence-corrected chi connectivity index (χ2v) is 5.03. The molecule has 4 nitrogen and oxygen atoms in total. The minimum atomic E-state index is 0.0567. The van der Waals surface area contributed by atoms with E-state index in [9.17, 15) is 4.79 Å². The molecule has 0 radical (unpaired) electrons. The van der Waals surface area contributed by atoms with Crippen LogP contribution >= 0.6 is 11.3 Å². The van der Waals surface area contributed by atoms with Gasteiger partial charge in [0.05, 0.1) is 17.1 Å². The highest BCUT2D eigenvalue weighted by molar-refractivity contribution is 7.09. The van der Waals surface area contributed by atoms with E-state index in [1.165, 1.54) is 0 Å². The fraction of sp³-hybridized carbons (Fsp3) is 0.667. The molecule has 1 amide bonds. The van der Waals surface area contributed by atoms with E-state index in [0.717, 1.165) is 23.5 Å². The van der Waals surface area contributed by atoms with E-state index in [1.54, 1.807) is 11.3 Å². The Morgan fingerprint density at radius 2 is 2.35 bits per heavy atom. The van der Waals surface area contributed by atoms with Crippen LogP contribution in [0.4, 0.5) is 0 Å². The molecule has 0 aliphatic rings. The van der Waals surface area contributed by atoms with E-state index in [0.29, 0.717) is 19.0 Å². The predicted octanol–water partition coefficient (Wildman–Crippen LogP) is 1.36. The molecule has 0 aliphatic carbocycles. The van der Waals surface area contributed by atoms with Gasteiger partial charge in [-0.05, 0) is 26.8 Å². The summed E-state index contributed by atoms with van der Waals surface area (Å²) in [5.74, 6) is 0.0567. The standard InChI is InChI=1S/C12H21N3OS/c1-4-12-15-10(8-17-12)7-11(16)14-6-5-9(2)13-3/h8-9,13H,4-7H2,1-3H3,(H,14,16). The first-order valence-electron chi connectivity index (χ1n) is 6.03. The smallest absolute Gasteiger partial charge is 0.226 e.